The fraction of sp³-hybridized carbons (Fsp3) is 0.333. The van der Waals surface area contributed by atoms with E-state index in [-0.39, 0.29) is 17.1 Å². The molecule has 0 atom stereocenters. The van der Waals surface area contributed by atoms with Gasteiger partial charge in [0.2, 0.25) is 11.8 Å². The number of non-ortho nitro benzene ring substituents is 1. The molecular weight excluding hydrogens is 267 g/mol. The Bertz CT molecular complexity index is 654. The molecule has 20 heavy (non-hydrogen) atoms. The second-order valence-corrected chi connectivity index (χ2v) is 4.61. The number of benzene rings is 1. The summed E-state index contributed by atoms with van der Waals surface area (Å²) < 4.78 is 18.7. The van der Waals surface area contributed by atoms with Crippen LogP contribution in [0.25, 0.3) is 11.5 Å². The second kappa shape index (κ2) is 4.97. The standard InChI is InChI=1S/C12H11FN4O3/c13-8-3-7(4-10(5-8)17(18)19)12-16-15-11(20-12)6-14-9-1-2-9/h3-5,9,14H,1-2,6H2. The maximum atomic E-state index is 13.3. The lowest BCUT2D eigenvalue weighted by Crippen LogP contribution is -2.15. The monoisotopic (exact) mass is 278 g/mol. The molecule has 0 bridgehead atoms. The van der Waals surface area contributed by atoms with Gasteiger partial charge in [0, 0.05) is 17.7 Å². The van der Waals surface area contributed by atoms with Gasteiger partial charge in [-0.05, 0) is 18.9 Å². The smallest absolute Gasteiger partial charge is 0.273 e. The van der Waals surface area contributed by atoms with Crippen LogP contribution in [0.3, 0.4) is 0 Å². The number of nitrogens with zero attached hydrogens (tertiary/aromatic N) is 3. The normalized spacial score (nSPS) is 14.4. The van der Waals surface area contributed by atoms with Crippen LogP contribution >= 0.6 is 0 Å². The van der Waals surface area contributed by atoms with E-state index in [2.05, 4.69) is 15.5 Å². The minimum absolute atomic E-state index is 0.0696. The number of halogens is 1. The lowest BCUT2D eigenvalue weighted by molar-refractivity contribution is -0.385. The SMILES string of the molecule is O=[N+]([O-])c1cc(F)cc(-c2nnc(CNC3CC3)o2)c1. The summed E-state index contributed by atoms with van der Waals surface area (Å²) in [5, 5.41) is 21.5. The van der Waals surface area contributed by atoms with Gasteiger partial charge in [-0.15, -0.1) is 10.2 Å². The highest BCUT2D eigenvalue weighted by atomic mass is 19.1. The van der Waals surface area contributed by atoms with Crippen molar-refractivity contribution in [2.45, 2.75) is 25.4 Å². The lowest BCUT2D eigenvalue weighted by atomic mass is 10.2. The molecule has 0 aliphatic heterocycles. The molecule has 1 fully saturated rings. The maximum Gasteiger partial charge on any atom is 0.273 e. The van der Waals surface area contributed by atoms with Crippen LogP contribution in [0.1, 0.15) is 18.7 Å². The lowest BCUT2D eigenvalue weighted by Gasteiger charge is -1.97. The van der Waals surface area contributed by atoms with Crippen LogP contribution in [0.5, 0.6) is 0 Å². The minimum Gasteiger partial charge on any atom is -0.419 e. The fourth-order valence-corrected chi connectivity index (χ4v) is 1.76. The van der Waals surface area contributed by atoms with Gasteiger partial charge >= 0.3 is 0 Å². The molecule has 0 unspecified atom stereocenters. The van der Waals surface area contributed by atoms with E-state index in [1.807, 2.05) is 0 Å². The van der Waals surface area contributed by atoms with Gasteiger partial charge in [0.15, 0.2) is 0 Å². The summed E-state index contributed by atoms with van der Waals surface area (Å²) in [6, 6.07) is 3.67. The predicted octanol–water partition coefficient (Wildman–Crippen LogP) is 2.04. The Morgan fingerprint density at radius 3 is 2.90 bits per heavy atom. The molecule has 104 valence electrons. The van der Waals surface area contributed by atoms with Gasteiger partial charge in [0.05, 0.1) is 17.5 Å². The zero-order valence-corrected chi connectivity index (χ0v) is 10.4. The number of nitrogens with one attached hydrogen (secondary N) is 1. The molecule has 2 aromatic rings. The van der Waals surface area contributed by atoms with Crippen LogP contribution in [0.2, 0.25) is 0 Å². The molecule has 1 N–H and O–H groups in total. The van der Waals surface area contributed by atoms with Crippen molar-refractivity contribution in [3.63, 3.8) is 0 Å². The van der Waals surface area contributed by atoms with E-state index in [4.69, 9.17) is 4.42 Å². The maximum absolute atomic E-state index is 13.3. The van der Waals surface area contributed by atoms with Crippen molar-refractivity contribution in [1.82, 2.24) is 15.5 Å². The molecule has 0 spiro atoms. The average Bonchev–Trinajstić information content (AvgIpc) is 3.12. The number of rotatable bonds is 5. The summed E-state index contributed by atoms with van der Waals surface area (Å²) in [4.78, 5) is 10.0. The van der Waals surface area contributed by atoms with Crippen molar-refractivity contribution in [3.05, 3.63) is 40.0 Å². The highest BCUT2D eigenvalue weighted by molar-refractivity contribution is 5.57. The first-order chi connectivity index (χ1) is 9.61. The number of nitro groups is 1. The first-order valence-corrected chi connectivity index (χ1v) is 6.13. The highest BCUT2D eigenvalue weighted by Crippen LogP contribution is 2.25. The third kappa shape index (κ3) is 2.80. The predicted molar refractivity (Wildman–Crippen MR) is 66.2 cm³/mol. The van der Waals surface area contributed by atoms with E-state index in [1.54, 1.807) is 0 Å². The third-order valence-corrected chi connectivity index (χ3v) is 2.93. The summed E-state index contributed by atoms with van der Waals surface area (Å²) in [5.74, 6) is -0.274. The Balaban J connectivity index is 1.82. The number of nitro benzene ring substituents is 1. The van der Waals surface area contributed by atoms with Crippen LogP contribution in [0.4, 0.5) is 10.1 Å². The van der Waals surface area contributed by atoms with Gasteiger partial charge in [0.25, 0.3) is 5.69 Å². The van der Waals surface area contributed by atoms with Crippen LogP contribution in [0, 0.1) is 15.9 Å². The van der Waals surface area contributed by atoms with Crippen molar-refractivity contribution in [2.75, 3.05) is 0 Å². The van der Waals surface area contributed by atoms with Crippen molar-refractivity contribution in [3.8, 4) is 11.5 Å². The zero-order chi connectivity index (χ0) is 14.1. The van der Waals surface area contributed by atoms with E-state index >= 15 is 0 Å². The molecule has 0 radical (unpaired) electrons. The Morgan fingerprint density at radius 1 is 1.40 bits per heavy atom. The molecule has 0 amide bonds. The Kier molecular flexibility index (Phi) is 3.15. The van der Waals surface area contributed by atoms with Crippen LogP contribution < -0.4 is 5.32 Å². The molecule has 1 aliphatic rings. The van der Waals surface area contributed by atoms with Crippen LogP contribution in [-0.4, -0.2) is 21.2 Å². The molecule has 8 heteroatoms. The van der Waals surface area contributed by atoms with Gasteiger partial charge in [0.1, 0.15) is 5.82 Å². The van der Waals surface area contributed by atoms with E-state index in [1.165, 1.54) is 6.07 Å². The van der Waals surface area contributed by atoms with E-state index in [0.717, 1.165) is 25.0 Å². The summed E-state index contributed by atoms with van der Waals surface area (Å²) in [6.45, 7) is 0.440. The molecule has 1 aromatic heterocycles. The Labute approximate surface area is 113 Å². The van der Waals surface area contributed by atoms with Gasteiger partial charge < -0.3 is 9.73 Å². The molecule has 1 aromatic carbocycles. The molecule has 1 saturated carbocycles. The van der Waals surface area contributed by atoms with Crippen LogP contribution in [0.15, 0.2) is 22.6 Å². The highest BCUT2D eigenvalue weighted by Gasteiger charge is 2.21. The molecule has 1 aliphatic carbocycles. The summed E-state index contributed by atoms with van der Waals surface area (Å²) in [5.41, 5.74) is -0.155. The molecule has 7 nitrogen and oxygen atoms in total. The largest absolute Gasteiger partial charge is 0.419 e. The molecule has 3 rings (SSSR count). The average molecular weight is 278 g/mol. The van der Waals surface area contributed by atoms with Crippen molar-refractivity contribution in [1.29, 1.82) is 0 Å². The molecule has 0 saturated heterocycles. The minimum atomic E-state index is -0.718. The van der Waals surface area contributed by atoms with Crippen LogP contribution in [-0.2, 0) is 6.54 Å². The first-order valence-electron chi connectivity index (χ1n) is 6.13. The molecule has 1 heterocycles. The third-order valence-electron chi connectivity index (χ3n) is 2.93. The van der Waals surface area contributed by atoms with Crippen molar-refractivity contribution < 1.29 is 13.7 Å². The number of hydrogen-bond acceptors (Lipinski definition) is 6. The summed E-state index contributed by atoms with van der Waals surface area (Å²) in [7, 11) is 0. The van der Waals surface area contributed by atoms with Gasteiger partial charge in [-0.1, -0.05) is 0 Å². The zero-order valence-electron chi connectivity index (χ0n) is 10.4. The van der Waals surface area contributed by atoms with E-state index in [9.17, 15) is 14.5 Å². The van der Waals surface area contributed by atoms with Crippen molar-refractivity contribution in [2.24, 2.45) is 0 Å². The second-order valence-electron chi connectivity index (χ2n) is 4.61. The van der Waals surface area contributed by atoms with E-state index < -0.39 is 10.7 Å². The van der Waals surface area contributed by atoms with Gasteiger partial charge in [-0.25, -0.2) is 4.39 Å². The number of aromatic nitrogens is 2. The summed E-state index contributed by atoms with van der Waals surface area (Å²) >= 11 is 0. The Hall–Kier alpha value is -2.35. The van der Waals surface area contributed by atoms with Gasteiger partial charge in [-0.2, -0.15) is 0 Å². The van der Waals surface area contributed by atoms with Gasteiger partial charge in [-0.3, -0.25) is 10.1 Å². The van der Waals surface area contributed by atoms with E-state index in [0.29, 0.717) is 18.5 Å². The summed E-state index contributed by atoms with van der Waals surface area (Å²) in [6.07, 6.45) is 2.27. The fourth-order valence-electron chi connectivity index (χ4n) is 1.76. The quantitative estimate of drug-likeness (QED) is 0.664. The topological polar surface area (TPSA) is 94.1 Å². The number of hydrogen-bond donors (Lipinski definition) is 1. The molecular formula is C12H11FN4O3. The van der Waals surface area contributed by atoms with Crippen molar-refractivity contribution >= 4 is 5.69 Å². The first kappa shape index (κ1) is 12.7. The Morgan fingerprint density at radius 2 is 2.20 bits per heavy atom.